The molecule has 0 radical (unpaired) electrons. The molecule has 1 saturated heterocycles. The number of fused-ring (bicyclic) bond motifs is 1. The summed E-state index contributed by atoms with van der Waals surface area (Å²) in [7, 11) is 0. The molecular weight excluding hydrogens is 427 g/mol. The van der Waals surface area contributed by atoms with Crippen molar-refractivity contribution in [2.75, 3.05) is 31.2 Å². The second-order valence-corrected chi connectivity index (χ2v) is 8.45. The molecule has 0 unspecified atom stereocenters. The van der Waals surface area contributed by atoms with Crippen LogP contribution in [0.25, 0.3) is 22.2 Å². The van der Waals surface area contributed by atoms with Gasteiger partial charge in [-0.2, -0.15) is 0 Å². The fourth-order valence-electron chi connectivity index (χ4n) is 4.11. The van der Waals surface area contributed by atoms with Crippen LogP contribution in [0.4, 0.5) is 10.1 Å². The molecule has 0 aliphatic carbocycles. The fraction of sp³-hybridized carbons (Fsp3) is 0.250. The number of rotatable bonds is 4. The lowest BCUT2D eigenvalue weighted by molar-refractivity contribution is 0.122. The number of thiol groups is 1. The first kappa shape index (κ1) is 20.8. The second kappa shape index (κ2) is 8.44. The first-order chi connectivity index (χ1) is 15.5. The van der Waals surface area contributed by atoms with Crippen LogP contribution >= 0.6 is 12.8 Å². The molecule has 4 heterocycles. The number of aryl methyl sites for hydroxylation is 1. The Hall–Kier alpha value is -3.10. The van der Waals surface area contributed by atoms with Crippen molar-refractivity contribution in [3.63, 3.8) is 0 Å². The molecule has 0 spiro atoms. The number of aromatic nitrogens is 3. The molecule has 32 heavy (non-hydrogen) atoms. The number of hydrogen-bond donors (Lipinski definition) is 1. The maximum Gasteiger partial charge on any atom is 0.251 e. The van der Waals surface area contributed by atoms with Crippen LogP contribution in [0, 0.1) is 12.7 Å². The van der Waals surface area contributed by atoms with Crippen LogP contribution < -0.4 is 10.5 Å². The van der Waals surface area contributed by atoms with Crippen molar-refractivity contribution in [3.05, 3.63) is 82.3 Å². The first-order valence-corrected chi connectivity index (χ1v) is 10.9. The van der Waals surface area contributed by atoms with Gasteiger partial charge in [0.15, 0.2) is 5.65 Å². The van der Waals surface area contributed by atoms with Gasteiger partial charge in [-0.05, 0) is 41.8 Å². The van der Waals surface area contributed by atoms with Crippen LogP contribution in [-0.2, 0) is 11.3 Å². The van der Waals surface area contributed by atoms with E-state index < -0.39 is 0 Å². The molecule has 6 nitrogen and oxygen atoms in total. The Labute approximate surface area is 190 Å². The zero-order valence-corrected chi connectivity index (χ0v) is 18.6. The highest BCUT2D eigenvalue weighted by atomic mass is 32.1. The minimum atomic E-state index is -0.246. The molecule has 1 aromatic carbocycles. The third kappa shape index (κ3) is 3.91. The smallest absolute Gasteiger partial charge is 0.251 e. The Morgan fingerprint density at radius 2 is 1.97 bits per heavy atom. The van der Waals surface area contributed by atoms with E-state index in [2.05, 4.69) is 28.8 Å². The molecule has 4 aromatic rings. The number of ether oxygens (including phenoxy) is 1. The van der Waals surface area contributed by atoms with E-state index in [1.165, 1.54) is 6.07 Å². The molecular formula is C24H23FN4O2S. The topological polar surface area (TPSA) is 52.3 Å². The van der Waals surface area contributed by atoms with Crippen molar-refractivity contribution >= 4 is 29.5 Å². The summed E-state index contributed by atoms with van der Waals surface area (Å²) in [5, 5.41) is 0.940. The van der Waals surface area contributed by atoms with Gasteiger partial charge in [-0.3, -0.25) is 8.77 Å². The van der Waals surface area contributed by atoms with Crippen LogP contribution in [0.3, 0.4) is 0 Å². The molecule has 164 valence electrons. The van der Waals surface area contributed by atoms with Crippen LogP contribution in [0.5, 0.6) is 0 Å². The molecule has 0 atom stereocenters. The number of pyridine rings is 2. The molecule has 1 aliphatic rings. The van der Waals surface area contributed by atoms with E-state index in [9.17, 15) is 9.18 Å². The summed E-state index contributed by atoms with van der Waals surface area (Å²) < 4.78 is 22.3. The summed E-state index contributed by atoms with van der Waals surface area (Å²) in [6.07, 6.45) is 5.51. The third-order valence-corrected chi connectivity index (χ3v) is 6.17. The number of benzene rings is 1. The third-order valence-electron chi connectivity index (χ3n) is 5.87. The van der Waals surface area contributed by atoms with Gasteiger partial charge in [0.2, 0.25) is 0 Å². The van der Waals surface area contributed by atoms with E-state index in [0.29, 0.717) is 25.3 Å². The Bertz CT molecular complexity index is 1360. The quantitative estimate of drug-likeness (QED) is 0.480. The Kier molecular flexibility index (Phi) is 5.48. The van der Waals surface area contributed by atoms with Gasteiger partial charge in [-0.15, -0.1) is 0 Å². The van der Waals surface area contributed by atoms with Gasteiger partial charge in [-0.25, -0.2) is 9.37 Å². The standard InChI is InChI=1S/C24H23FN4O2S/c1-16-10-17(2-3-22(16)25)14-28-5-4-18(11-23(28)30)21-15-29(32)24-20(21)12-19(13-26-24)27-6-8-31-9-7-27/h2-5,10-13,15,32H,6-9,14H2,1H3. The lowest BCUT2D eigenvalue weighted by Crippen LogP contribution is -2.36. The van der Waals surface area contributed by atoms with Crippen molar-refractivity contribution in [2.24, 2.45) is 0 Å². The highest BCUT2D eigenvalue weighted by Gasteiger charge is 2.16. The van der Waals surface area contributed by atoms with E-state index in [1.807, 2.05) is 18.5 Å². The van der Waals surface area contributed by atoms with Gasteiger partial charge in [0.05, 0.1) is 31.6 Å². The van der Waals surface area contributed by atoms with E-state index in [4.69, 9.17) is 4.74 Å². The summed E-state index contributed by atoms with van der Waals surface area (Å²) in [5.41, 5.74) is 4.80. The predicted molar refractivity (Wildman–Crippen MR) is 127 cm³/mol. The monoisotopic (exact) mass is 450 g/mol. The summed E-state index contributed by atoms with van der Waals surface area (Å²) in [6, 6.07) is 10.5. The first-order valence-electron chi connectivity index (χ1n) is 10.5. The molecule has 1 fully saturated rings. The van der Waals surface area contributed by atoms with Gasteiger partial charge in [0.1, 0.15) is 5.82 Å². The Morgan fingerprint density at radius 1 is 1.16 bits per heavy atom. The summed E-state index contributed by atoms with van der Waals surface area (Å²) in [5.74, 6) is -0.246. The van der Waals surface area contributed by atoms with Gasteiger partial charge in [0, 0.05) is 42.5 Å². The van der Waals surface area contributed by atoms with Gasteiger partial charge >= 0.3 is 0 Å². The molecule has 0 amide bonds. The van der Waals surface area contributed by atoms with Crippen LogP contribution in [0.2, 0.25) is 0 Å². The maximum atomic E-state index is 13.5. The van der Waals surface area contributed by atoms with Crippen LogP contribution in [-0.4, -0.2) is 39.8 Å². The van der Waals surface area contributed by atoms with Crippen molar-refractivity contribution in [1.29, 1.82) is 0 Å². The van der Waals surface area contributed by atoms with Gasteiger partial charge < -0.3 is 14.2 Å². The fourth-order valence-corrected chi connectivity index (χ4v) is 4.39. The minimum absolute atomic E-state index is 0.123. The number of halogens is 1. The molecule has 0 saturated carbocycles. The van der Waals surface area contributed by atoms with Crippen molar-refractivity contribution in [3.8, 4) is 11.1 Å². The molecule has 0 N–H and O–H groups in total. The largest absolute Gasteiger partial charge is 0.378 e. The summed E-state index contributed by atoms with van der Waals surface area (Å²) in [4.78, 5) is 19.7. The lowest BCUT2D eigenvalue weighted by atomic mass is 10.1. The van der Waals surface area contributed by atoms with Crippen molar-refractivity contribution in [2.45, 2.75) is 13.5 Å². The van der Waals surface area contributed by atoms with E-state index >= 15 is 0 Å². The maximum absolute atomic E-state index is 13.5. The highest BCUT2D eigenvalue weighted by Crippen LogP contribution is 2.32. The Morgan fingerprint density at radius 3 is 2.72 bits per heavy atom. The number of morpholine rings is 1. The van der Waals surface area contributed by atoms with Crippen molar-refractivity contribution < 1.29 is 9.13 Å². The Balaban J connectivity index is 1.49. The normalized spacial score (nSPS) is 14.3. The summed E-state index contributed by atoms with van der Waals surface area (Å²) >= 11 is 4.52. The summed E-state index contributed by atoms with van der Waals surface area (Å²) in [6.45, 7) is 5.15. The molecule has 8 heteroatoms. The van der Waals surface area contributed by atoms with E-state index in [1.54, 1.807) is 39.9 Å². The van der Waals surface area contributed by atoms with Crippen LogP contribution in [0.15, 0.2) is 59.8 Å². The highest BCUT2D eigenvalue weighted by molar-refractivity contribution is 7.78. The van der Waals surface area contributed by atoms with Gasteiger partial charge in [-0.1, -0.05) is 24.9 Å². The molecule has 1 aliphatic heterocycles. The zero-order chi connectivity index (χ0) is 22.2. The predicted octanol–water partition coefficient (Wildman–Crippen LogP) is 3.89. The lowest BCUT2D eigenvalue weighted by Gasteiger charge is -2.28. The minimum Gasteiger partial charge on any atom is -0.378 e. The van der Waals surface area contributed by atoms with E-state index in [0.717, 1.165) is 46.5 Å². The molecule has 0 bridgehead atoms. The van der Waals surface area contributed by atoms with Crippen LogP contribution in [0.1, 0.15) is 11.1 Å². The average molecular weight is 451 g/mol. The molecule has 5 rings (SSSR count). The van der Waals surface area contributed by atoms with Crippen molar-refractivity contribution in [1.82, 2.24) is 13.5 Å². The number of nitrogens with zero attached hydrogens (tertiary/aromatic N) is 4. The SMILES string of the molecule is Cc1cc(Cn2ccc(-c3cn(S)c4ncc(N5CCOCC5)cc34)cc2=O)ccc1F. The van der Waals surface area contributed by atoms with Gasteiger partial charge in [0.25, 0.3) is 5.56 Å². The second-order valence-electron chi connectivity index (χ2n) is 8.02. The molecule has 3 aromatic heterocycles. The average Bonchev–Trinajstić information content (AvgIpc) is 3.14. The zero-order valence-electron chi connectivity index (χ0n) is 17.7. The van der Waals surface area contributed by atoms with E-state index in [-0.39, 0.29) is 11.4 Å². The number of hydrogen-bond acceptors (Lipinski definition) is 5. The number of anilines is 1.